The standard InChI is InChI=1S/C23H28N2O12S/c1-23(2)16(21(33)37-22-14(28)12(26)13(27)15(36-22)20(31)32)25-18(30)11(19(25)38-23)24-17(29)10-8(34-3)6-5-7-9(10)35-4/h5-7,11-16,19,22,26-28H,1-4H3,(H,24,29)(H,31,32)/t11-,12?,13?,14?,15?,16+,19-,22?/m1/s1. The van der Waals surface area contributed by atoms with Crippen molar-refractivity contribution in [1.82, 2.24) is 10.2 Å². The number of hydrogen-bond acceptors (Lipinski definition) is 12. The van der Waals surface area contributed by atoms with Crippen LogP contribution in [0.15, 0.2) is 18.2 Å². The largest absolute Gasteiger partial charge is 0.496 e. The minimum absolute atomic E-state index is 0.0964. The minimum Gasteiger partial charge on any atom is -0.496 e. The third-order valence-corrected chi connectivity index (χ3v) is 8.22. The van der Waals surface area contributed by atoms with E-state index in [1.807, 2.05) is 0 Å². The molecule has 0 radical (unpaired) electrons. The first kappa shape index (κ1) is 27.9. The van der Waals surface area contributed by atoms with Crippen molar-refractivity contribution in [2.75, 3.05) is 14.2 Å². The third kappa shape index (κ3) is 4.53. The van der Waals surface area contributed by atoms with Crippen LogP contribution in [0.25, 0.3) is 0 Å². The summed E-state index contributed by atoms with van der Waals surface area (Å²) in [6, 6.07) is 2.60. The molecule has 0 bridgehead atoms. The zero-order valence-electron chi connectivity index (χ0n) is 20.8. The van der Waals surface area contributed by atoms with E-state index in [1.165, 1.54) is 30.9 Å². The number of ether oxygens (including phenoxy) is 4. The summed E-state index contributed by atoms with van der Waals surface area (Å²) in [6.45, 7) is 3.35. The Morgan fingerprint density at radius 1 is 1.05 bits per heavy atom. The second-order valence-electron chi connectivity index (χ2n) is 9.42. The third-order valence-electron chi connectivity index (χ3n) is 6.65. The summed E-state index contributed by atoms with van der Waals surface area (Å²) >= 11 is 1.23. The highest BCUT2D eigenvalue weighted by Gasteiger charge is 2.65. The molecule has 38 heavy (non-hydrogen) atoms. The van der Waals surface area contributed by atoms with Gasteiger partial charge in [0.25, 0.3) is 5.91 Å². The first-order valence-electron chi connectivity index (χ1n) is 11.5. The van der Waals surface area contributed by atoms with E-state index in [9.17, 15) is 39.6 Å². The molecule has 3 fully saturated rings. The van der Waals surface area contributed by atoms with Gasteiger partial charge >= 0.3 is 11.9 Å². The lowest BCUT2D eigenvalue weighted by atomic mass is 9.95. The van der Waals surface area contributed by atoms with Gasteiger partial charge < -0.3 is 49.6 Å². The fourth-order valence-corrected chi connectivity index (χ4v) is 6.36. The van der Waals surface area contributed by atoms with Crippen LogP contribution in [0.1, 0.15) is 24.2 Å². The van der Waals surface area contributed by atoms with Crippen molar-refractivity contribution >= 4 is 35.5 Å². The summed E-state index contributed by atoms with van der Waals surface area (Å²) in [7, 11) is 2.78. The van der Waals surface area contributed by atoms with Crippen LogP contribution in [0.5, 0.6) is 11.5 Å². The van der Waals surface area contributed by atoms with Gasteiger partial charge in [-0.3, -0.25) is 9.59 Å². The number of esters is 1. The molecule has 3 heterocycles. The molecule has 4 rings (SSSR count). The number of carbonyl (C=O) groups excluding carboxylic acids is 3. The molecule has 0 aliphatic carbocycles. The molecular weight excluding hydrogens is 528 g/mol. The number of β-lactam (4-membered cyclic amide) rings is 1. The lowest BCUT2D eigenvalue weighted by molar-refractivity contribution is -0.287. The Bertz CT molecular complexity index is 1120. The van der Waals surface area contributed by atoms with E-state index >= 15 is 0 Å². The number of aliphatic carboxylic acids is 1. The normalized spacial score (nSPS) is 33.6. The van der Waals surface area contributed by atoms with Gasteiger partial charge in [0.2, 0.25) is 12.2 Å². The van der Waals surface area contributed by atoms with E-state index < -0.39 is 76.7 Å². The van der Waals surface area contributed by atoms with Crippen molar-refractivity contribution in [2.24, 2.45) is 0 Å². The van der Waals surface area contributed by atoms with Crippen LogP contribution in [-0.2, 0) is 23.9 Å². The fourth-order valence-electron chi connectivity index (χ4n) is 4.74. The number of fused-ring (bicyclic) bond motifs is 1. The number of nitrogens with zero attached hydrogens (tertiary/aromatic N) is 1. The molecule has 5 unspecified atom stereocenters. The van der Waals surface area contributed by atoms with E-state index in [2.05, 4.69) is 5.32 Å². The van der Waals surface area contributed by atoms with Crippen molar-refractivity contribution in [3.8, 4) is 11.5 Å². The Morgan fingerprint density at radius 2 is 1.66 bits per heavy atom. The number of aliphatic hydroxyl groups is 3. The molecule has 3 aliphatic rings. The summed E-state index contributed by atoms with van der Waals surface area (Å²) in [5, 5.41) is 41.2. The molecule has 3 saturated heterocycles. The van der Waals surface area contributed by atoms with E-state index in [4.69, 9.17) is 18.9 Å². The lowest BCUT2D eigenvalue weighted by Crippen LogP contribution is -2.71. The van der Waals surface area contributed by atoms with Gasteiger partial charge in [0.15, 0.2) is 6.10 Å². The van der Waals surface area contributed by atoms with Crippen molar-refractivity contribution in [1.29, 1.82) is 0 Å². The highest BCUT2D eigenvalue weighted by Crippen LogP contribution is 2.51. The molecule has 0 saturated carbocycles. The SMILES string of the molecule is COc1cccc(OC)c1C(=O)N[C@@H]1C(=O)N2[C@@H]1SC(C)(C)[C@@H]2C(=O)OC1OC(C(=O)O)C(O)C(O)C1O. The molecule has 2 amide bonds. The van der Waals surface area contributed by atoms with Crippen molar-refractivity contribution in [3.05, 3.63) is 23.8 Å². The number of thioether (sulfide) groups is 1. The molecule has 0 spiro atoms. The topological polar surface area (TPSA) is 201 Å². The quantitative estimate of drug-likeness (QED) is 0.188. The van der Waals surface area contributed by atoms with E-state index in [1.54, 1.807) is 32.0 Å². The van der Waals surface area contributed by atoms with Crippen LogP contribution < -0.4 is 14.8 Å². The highest BCUT2D eigenvalue weighted by molar-refractivity contribution is 8.01. The average Bonchev–Trinajstić information content (AvgIpc) is 3.14. The lowest BCUT2D eigenvalue weighted by Gasteiger charge is -2.44. The number of carboxylic acids is 1. The smallest absolute Gasteiger partial charge is 0.335 e. The van der Waals surface area contributed by atoms with Crippen LogP contribution >= 0.6 is 11.8 Å². The monoisotopic (exact) mass is 556 g/mol. The molecule has 1 aromatic rings. The second-order valence-corrected chi connectivity index (χ2v) is 11.2. The molecule has 0 aromatic heterocycles. The Labute approximate surface area is 220 Å². The number of amides is 2. The van der Waals surface area contributed by atoms with Crippen LogP contribution in [0.4, 0.5) is 0 Å². The second kappa shape index (κ2) is 10.2. The Hall–Kier alpha value is -3.11. The number of carbonyl (C=O) groups is 4. The molecule has 1 aromatic carbocycles. The zero-order chi connectivity index (χ0) is 28.1. The number of hydrogen-bond donors (Lipinski definition) is 5. The first-order chi connectivity index (χ1) is 17.8. The van der Waals surface area contributed by atoms with Gasteiger partial charge in [0, 0.05) is 4.75 Å². The number of carboxylic acid groups (broad SMARTS) is 1. The molecule has 15 heteroatoms. The van der Waals surface area contributed by atoms with Crippen LogP contribution in [0.2, 0.25) is 0 Å². The Kier molecular flexibility index (Phi) is 7.51. The van der Waals surface area contributed by atoms with E-state index in [0.29, 0.717) is 0 Å². The Morgan fingerprint density at radius 3 is 2.21 bits per heavy atom. The van der Waals surface area contributed by atoms with Gasteiger partial charge in [-0.1, -0.05) is 6.07 Å². The number of methoxy groups -OCH3 is 2. The van der Waals surface area contributed by atoms with E-state index in [-0.39, 0.29) is 17.1 Å². The molecule has 3 aliphatic heterocycles. The maximum Gasteiger partial charge on any atom is 0.335 e. The first-order valence-corrected chi connectivity index (χ1v) is 12.4. The maximum atomic E-state index is 13.2. The van der Waals surface area contributed by atoms with Crippen molar-refractivity contribution in [2.45, 2.75) is 66.8 Å². The van der Waals surface area contributed by atoms with Crippen molar-refractivity contribution < 1.29 is 58.6 Å². The van der Waals surface area contributed by atoms with Gasteiger partial charge in [-0.15, -0.1) is 11.8 Å². The van der Waals surface area contributed by atoms with Gasteiger partial charge in [-0.2, -0.15) is 0 Å². The molecule has 5 N–H and O–H groups in total. The number of aliphatic hydroxyl groups excluding tert-OH is 3. The van der Waals surface area contributed by atoms with Gasteiger partial charge in [0.05, 0.1) is 14.2 Å². The van der Waals surface area contributed by atoms with Crippen LogP contribution in [-0.4, -0.2) is 116 Å². The van der Waals surface area contributed by atoms with Gasteiger partial charge in [-0.25, -0.2) is 9.59 Å². The number of rotatable bonds is 7. The van der Waals surface area contributed by atoms with Crippen LogP contribution in [0.3, 0.4) is 0 Å². The average molecular weight is 557 g/mol. The van der Waals surface area contributed by atoms with E-state index in [0.717, 1.165) is 0 Å². The minimum atomic E-state index is -1.96. The highest BCUT2D eigenvalue weighted by atomic mass is 32.2. The summed E-state index contributed by atoms with van der Waals surface area (Å²) in [6.07, 6.45) is -9.72. The molecular formula is C23H28N2O12S. The summed E-state index contributed by atoms with van der Waals surface area (Å²) in [5.41, 5.74) is 0.0964. The summed E-state index contributed by atoms with van der Waals surface area (Å²) in [5.74, 6) is -3.36. The summed E-state index contributed by atoms with van der Waals surface area (Å²) < 4.78 is 19.8. The Balaban J connectivity index is 1.49. The van der Waals surface area contributed by atoms with Gasteiger partial charge in [-0.05, 0) is 26.0 Å². The molecule has 208 valence electrons. The number of benzene rings is 1. The zero-order valence-corrected chi connectivity index (χ0v) is 21.6. The summed E-state index contributed by atoms with van der Waals surface area (Å²) in [4.78, 5) is 51.9. The molecule has 8 atom stereocenters. The molecule has 14 nitrogen and oxygen atoms in total. The predicted octanol–water partition coefficient (Wildman–Crippen LogP) is -1.70. The predicted molar refractivity (Wildman–Crippen MR) is 127 cm³/mol. The van der Waals surface area contributed by atoms with Gasteiger partial charge in [0.1, 0.15) is 52.8 Å². The van der Waals surface area contributed by atoms with Crippen LogP contribution in [0, 0.1) is 0 Å². The number of nitrogens with one attached hydrogen (secondary N) is 1. The maximum absolute atomic E-state index is 13.2. The van der Waals surface area contributed by atoms with Crippen molar-refractivity contribution in [3.63, 3.8) is 0 Å². The fraction of sp³-hybridized carbons (Fsp3) is 0.565.